The summed E-state index contributed by atoms with van der Waals surface area (Å²) >= 11 is 0. The molecule has 0 bridgehead atoms. The summed E-state index contributed by atoms with van der Waals surface area (Å²) in [6.45, 7) is 0. The molecule has 2 aromatic rings. The number of hydrogen-bond acceptors (Lipinski definition) is 5. The molecule has 2 rings (SSSR count). The fourth-order valence-corrected chi connectivity index (χ4v) is 2.35. The SMILES string of the molecule is CS(=O)(=O)Cl.CS(=O)(=O)Nc1ccccc1C(F)(F)F.Nc1ccccc1C(F)(F)F. The third-order valence-corrected chi connectivity index (χ3v) is 3.38. The summed E-state index contributed by atoms with van der Waals surface area (Å²) in [6.07, 6.45) is -7.20. The highest BCUT2D eigenvalue weighted by molar-refractivity contribution is 8.13. The Labute approximate surface area is 179 Å². The van der Waals surface area contributed by atoms with E-state index in [0.29, 0.717) is 0 Å². The summed E-state index contributed by atoms with van der Waals surface area (Å²) in [6, 6.07) is 9.33. The molecule has 0 fully saturated rings. The fraction of sp³-hybridized carbons (Fsp3) is 0.250. The number of hydrogen-bond donors (Lipinski definition) is 2. The smallest absolute Gasteiger partial charge is 0.398 e. The summed E-state index contributed by atoms with van der Waals surface area (Å²) in [5.41, 5.74) is 2.60. The lowest BCUT2D eigenvalue weighted by atomic mass is 10.2. The van der Waals surface area contributed by atoms with E-state index in [-0.39, 0.29) is 5.69 Å². The van der Waals surface area contributed by atoms with Crippen LogP contribution in [0.1, 0.15) is 11.1 Å². The number of nitrogens with one attached hydrogen (secondary N) is 1. The van der Waals surface area contributed by atoms with Gasteiger partial charge in [0.15, 0.2) is 0 Å². The number of nitrogen functional groups attached to an aromatic ring is 1. The van der Waals surface area contributed by atoms with Crippen LogP contribution in [0, 0.1) is 0 Å². The van der Waals surface area contributed by atoms with Crippen LogP contribution in [0.15, 0.2) is 48.5 Å². The van der Waals surface area contributed by atoms with Crippen molar-refractivity contribution in [3.63, 3.8) is 0 Å². The number of alkyl halides is 6. The van der Waals surface area contributed by atoms with Gasteiger partial charge in [0.25, 0.3) is 0 Å². The van der Waals surface area contributed by atoms with Crippen LogP contribution in [-0.2, 0) is 31.4 Å². The van der Waals surface area contributed by atoms with Crippen LogP contribution in [0.25, 0.3) is 0 Å². The highest BCUT2D eigenvalue weighted by Crippen LogP contribution is 2.35. The summed E-state index contributed by atoms with van der Waals surface area (Å²) in [4.78, 5) is 0. The van der Waals surface area contributed by atoms with Gasteiger partial charge in [-0.25, -0.2) is 16.8 Å². The zero-order valence-corrected chi connectivity index (χ0v) is 18.2. The molecule has 176 valence electrons. The lowest BCUT2D eigenvalue weighted by Gasteiger charge is -2.12. The van der Waals surface area contributed by atoms with Crippen molar-refractivity contribution in [2.75, 3.05) is 23.0 Å². The maximum atomic E-state index is 12.4. The predicted molar refractivity (Wildman–Crippen MR) is 106 cm³/mol. The first-order chi connectivity index (χ1) is 13.7. The average molecular weight is 515 g/mol. The van der Waals surface area contributed by atoms with Gasteiger partial charge in [-0.1, -0.05) is 24.3 Å². The molecule has 0 aliphatic carbocycles. The molecule has 0 spiro atoms. The van der Waals surface area contributed by atoms with E-state index in [9.17, 15) is 43.2 Å². The normalized spacial score (nSPS) is 12.0. The van der Waals surface area contributed by atoms with Crippen molar-refractivity contribution in [2.24, 2.45) is 0 Å². The van der Waals surface area contributed by atoms with E-state index >= 15 is 0 Å². The molecule has 0 amide bonds. The quantitative estimate of drug-likeness (QED) is 0.347. The van der Waals surface area contributed by atoms with Gasteiger partial charge in [0.2, 0.25) is 19.1 Å². The van der Waals surface area contributed by atoms with Gasteiger partial charge < -0.3 is 5.73 Å². The van der Waals surface area contributed by atoms with Gasteiger partial charge in [0.1, 0.15) is 0 Å². The van der Waals surface area contributed by atoms with Crippen molar-refractivity contribution in [3.8, 4) is 0 Å². The van der Waals surface area contributed by atoms with E-state index < -0.39 is 48.2 Å². The molecule has 0 aromatic heterocycles. The molecule has 0 unspecified atom stereocenters. The van der Waals surface area contributed by atoms with Crippen LogP contribution in [0.3, 0.4) is 0 Å². The van der Waals surface area contributed by atoms with Crippen molar-refractivity contribution in [1.29, 1.82) is 0 Å². The Morgan fingerprint density at radius 2 is 1.13 bits per heavy atom. The van der Waals surface area contributed by atoms with Gasteiger partial charge in [-0.3, -0.25) is 4.72 Å². The number of sulfonamides is 1. The van der Waals surface area contributed by atoms with E-state index in [0.717, 1.165) is 30.7 Å². The van der Waals surface area contributed by atoms with E-state index in [4.69, 9.17) is 5.73 Å². The van der Waals surface area contributed by atoms with E-state index in [2.05, 4.69) is 10.7 Å². The molecule has 0 radical (unpaired) electrons. The monoisotopic (exact) mass is 514 g/mol. The third kappa shape index (κ3) is 13.7. The highest BCUT2D eigenvalue weighted by atomic mass is 35.7. The molecule has 0 aliphatic rings. The molecule has 0 heterocycles. The number of anilines is 2. The van der Waals surface area contributed by atoms with Gasteiger partial charge in [0.05, 0.1) is 29.3 Å². The lowest BCUT2D eigenvalue weighted by molar-refractivity contribution is -0.137. The average Bonchev–Trinajstić information content (AvgIpc) is 2.51. The number of rotatable bonds is 2. The lowest BCUT2D eigenvalue weighted by Crippen LogP contribution is -2.15. The highest BCUT2D eigenvalue weighted by Gasteiger charge is 2.34. The van der Waals surface area contributed by atoms with Gasteiger partial charge in [-0.15, -0.1) is 0 Å². The molecule has 15 heteroatoms. The second-order valence-corrected chi connectivity index (χ2v) is 10.5. The van der Waals surface area contributed by atoms with Crippen LogP contribution >= 0.6 is 10.7 Å². The van der Waals surface area contributed by atoms with E-state index in [1.165, 1.54) is 30.3 Å². The number of nitrogens with two attached hydrogens (primary N) is 1. The minimum Gasteiger partial charge on any atom is -0.398 e. The Morgan fingerprint density at radius 1 is 0.774 bits per heavy atom. The Bertz CT molecular complexity index is 1060. The molecular formula is C16H17ClF6N2O4S2. The third-order valence-electron chi connectivity index (χ3n) is 2.79. The zero-order valence-electron chi connectivity index (χ0n) is 15.8. The summed E-state index contributed by atoms with van der Waals surface area (Å²) in [7, 11) is -2.40. The standard InChI is InChI=1S/C8H8F3NO2S.C7H6F3N.CH3ClO2S/c1-15(13,14)12-7-5-3-2-4-6(7)8(9,10)11;8-7(9,10)5-3-1-2-4-6(5)11;1-5(2,3)4/h2-5,12H,1H3;1-4H,11H2;1H3. The number of para-hydroxylation sites is 2. The maximum absolute atomic E-state index is 12.4. The van der Waals surface area contributed by atoms with Crippen molar-refractivity contribution >= 4 is 41.1 Å². The molecular weight excluding hydrogens is 498 g/mol. The fourth-order valence-electron chi connectivity index (χ4n) is 1.77. The Balaban J connectivity index is 0.000000492. The van der Waals surface area contributed by atoms with Crippen molar-refractivity contribution < 1.29 is 43.2 Å². The van der Waals surface area contributed by atoms with Crippen LogP contribution in [0.5, 0.6) is 0 Å². The second kappa shape index (κ2) is 10.9. The van der Waals surface area contributed by atoms with Crippen LogP contribution in [-0.4, -0.2) is 29.3 Å². The van der Waals surface area contributed by atoms with Crippen molar-refractivity contribution in [2.45, 2.75) is 12.4 Å². The van der Waals surface area contributed by atoms with Gasteiger partial charge in [0, 0.05) is 16.4 Å². The van der Waals surface area contributed by atoms with Gasteiger partial charge >= 0.3 is 12.4 Å². The van der Waals surface area contributed by atoms with E-state index in [1.54, 1.807) is 0 Å². The van der Waals surface area contributed by atoms with Crippen LogP contribution in [0.4, 0.5) is 37.7 Å². The Morgan fingerprint density at radius 3 is 1.45 bits per heavy atom. The Kier molecular flexibility index (Phi) is 10.1. The summed E-state index contributed by atoms with van der Waals surface area (Å²) in [5.74, 6) is 0. The van der Waals surface area contributed by atoms with E-state index in [1.807, 2.05) is 4.72 Å². The Hall–Kier alpha value is -2.19. The first kappa shape index (κ1) is 28.8. The number of halogens is 7. The molecule has 3 N–H and O–H groups in total. The molecule has 0 aliphatic heterocycles. The van der Waals surface area contributed by atoms with Gasteiger partial charge in [-0.2, -0.15) is 26.3 Å². The second-order valence-electron chi connectivity index (χ2n) is 5.68. The first-order valence-corrected chi connectivity index (χ1v) is 12.3. The zero-order chi connectivity index (χ0) is 24.7. The largest absolute Gasteiger partial charge is 0.418 e. The van der Waals surface area contributed by atoms with Crippen molar-refractivity contribution in [1.82, 2.24) is 0 Å². The predicted octanol–water partition coefficient (Wildman–Crippen LogP) is 4.55. The molecule has 6 nitrogen and oxygen atoms in total. The first-order valence-electron chi connectivity index (χ1n) is 7.67. The minimum absolute atomic E-state index is 0.236. The molecule has 0 atom stereocenters. The van der Waals surface area contributed by atoms with Crippen LogP contribution in [0.2, 0.25) is 0 Å². The maximum Gasteiger partial charge on any atom is 0.418 e. The molecule has 31 heavy (non-hydrogen) atoms. The summed E-state index contributed by atoms with van der Waals surface area (Å²) < 4.78 is 115. The van der Waals surface area contributed by atoms with Crippen LogP contribution < -0.4 is 10.5 Å². The summed E-state index contributed by atoms with van der Waals surface area (Å²) in [5, 5.41) is 0. The van der Waals surface area contributed by atoms with Gasteiger partial charge in [-0.05, 0) is 24.3 Å². The number of benzene rings is 2. The topological polar surface area (TPSA) is 106 Å². The minimum atomic E-state index is -4.58. The van der Waals surface area contributed by atoms with Crippen molar-refractivity contribution in [3.05, 3.63) is 59.7 Å². The molecule has 0 saturated heterocycles. The molecule has 2 aromatic carbocycles. The molecule has 0 saturated carbocycles.